The van der Waals surface area contributed by atoms with Crippen molar-refractivity contribution in [2.24, 2.45) is 29.1 Å². The van der Waals surface area contributed by atoms with Crippen molar-refractivity contribution in [2.75, 3.05) is 0 Å². The molecule has 2 amide bonds. The normalized spacial score (nSPS) is 32.6. The molecule has 6 saturated carbocycles. The molecular formula is C38H48N4O2. The summed E-state index contributed by atoms with van der Waals surface area (Å²) in [6.45, 7) is 7.23. The predicted octanol–water partition coefficient (Wildman–Crippen LogP) is 7.43. The smallest absolute Gasteiger partial charge is 0.246 e. The Morgan fingerprint density at radius 1 is 0.977 bits per heavy atom. The van der Waals surface area contributed by atoms with E-state index in [4.69, 9.17) is 0 Å². The van der Waals surface area contributed by atoms with Crippen LogP contribution in [0, 0.1) is 36.0 Å². The average Bonchev–Trinajstić information content (AvgIpc) is 3.33. The summed E-state index contributed by atoms with van der Waals surface area (Å²) in [6, 6.07) is 12.5. The molecule has 6 fully saturated rings. The van der Waals surface area contributed by atoms with Gasteiger partial charge in [-0.1, -0.05) is 51.0 Å². The van der Waals surface area contributed by atoms with Gasteiger partial charge in [0.05, 0.1) is 0 Å². The fraction of sp³-hybridized carbons (Fsp3) is 0.605. The number of aryl methyl sites for hydroxylation is 1. The van der Waals surface area contributed by atoms with Gasteiger partial charge in [-0.25, -0.2) is 0 Å². The number of aromatic amines is 1. The van der Waals surface area contributed by atoms with E-state index in [1.165, 1.54) is 35.9 Å². The molecule has 0 radical (unpaired) electrons. The number of pyridine rings is 1. The number of amides is 2. The van der Waals surface area contributed by atoms with Gasteiger partial charge in [-0.3, -0.25) is 14.6 Å². The molecule has 0 aliphatic heterocycles. The SMILES string of the molecule is Cc1[nH]c2ccccc2c1[C@H]1[C@@H](CC(=O)N(Cc2cccnc2)C2(C(=O)NC34CC5CC(CC(C5)C3)C4)CCCC2)C1(C)C. The lowest BCUT2D eigenvalue weighted by Crippen LogP contribution is -2.66. The first-order valence-corrected chi connectivity index (χ1v) is 17.3. The number of fused-ring (bicyclic) bond motifs is 1. The zero-order valence-electron chi connectivity index (χ0n) is 26.7. The number of H-pyrrole nitrogens is 1. The van der Waals surface area contributed by atoms with Gasteiger partial charge in [0.2, 0.25) is 11.8 Å². The number of hydrogen-bond acceptors (Lipinski definition) is 3. The third-order valence-corrected chi connectivity index (χ3v) is 12.9. The molecule has 6 aliphatic rings. The Hall–Kier alpha value is -3.15. The first-order valence-electron chi connectivity index (χ1n) is 17.3. The van der Waals surface area contributed by atoms with Gasteiger partial charge in [-0.2, -0.15) is 0 Å². The predicted molar refractivity (Wildman–Crippen MR) is 173 cm³/mol. The van der Waals surface area contributed by atoms with Crippen LogP contribution in [0.2, 0.25) is 0 Å². The third-order valence-electron chi connectivity index (χ3n) is 12.9. The molecule has 2 aromatic heterocycles. The summed E-state index contributed by atoms with van der Waals surface area (Å²) in [5.74, 6) is 3.06. The molecular weight excluding hydrogens is 544 g/mol. The highest BCUT2D eigenvalue weighted by atomic mass is 16.2. The molecule has 6 aliphatic carbocycles. The Kier molecular flexibility index (Phi) is 6.56. The lowest BCUT2D eigenvalue weighted by Gasteiger charge is -2.57. The number of nitrogens with zero attached hydrogens (tertiary/aromatic N) is 2. The Balaban J connectivity index is 1.10. The highest BCUT2D eigenvalue weighted by Crippen LogP contribution is 2.67. The Labute approximate surface area is 261 Å². The van der Waals surface area contributed by atoms with E-state index in [-0.39, 0.29) is 28.7 Å². The van der Waals surface area contributed by atoms with Crippen LogP contribution in [0.3, 0.4) is 0 Å². The molecule has 2 atom stereocenters. The van der Waals surface area contributed by atoms with Crippen LogP contribution in [0.1, 0.15) is 107 Å². The summed E-state index contributed by atoms with van der Waals surface area (Å²) in [7, 11) is 0. The molecule has 232 valence electrons. The second-order valence-electron chi connectivity index (χ2n) is 16.1. The van der Waals surface area contributed by atoms with Crippen LogP contribution >= 0.6 is 0 Å². The van der Waals surface area contributed by atoms with Gasteiger partial charge in [-0.05, 0) is 117 Å². The van der Waals surface area contributed by atoms with Crippen molar-refractivity contribution in [3.05, 3.63) is 65.6 Å². The molecule has 6 nitrogen and oxygen atoms in total. The molecule has 2 N–H and O–H groups in total. The van der Waals surface area contributed by atoms with Crippen molar-refractivity contribution in [3.63, 3.8) is 0 Å². The maximum atomic E-state index is 14.7. The van der Waals surface area contributed by atoms with Gasteiger partial charge < -0.3 is 15.2 Å². The van der Waals surface area contributed by atoms with Crippen molar-refractivity contribution in [2.45, 2.75) is 115 Å². The van der Waals surface area contributed by atoms with Crippen molar-refractivity contribution in [3.8, 4) is 0 Å². The molecule has 0 saturated heterocycles. The second-order valence-corrected chi connectivity index (χ2v) is 16.1. The number of benzene rings is 1. The minimum absolute atomic E-state index is 0.00958. The minimum Gasteiger partial charge on any atom is -0.358 e. The van der Waals surface area contributed by atoms with Gasteiger partial charge in [0.1, 0.15) is 5.54 Å². The second kappa shape index (κ2) is 10.2. The number of carbonyl (C=O) groups excluding carboxylic acids is 2. The number of para-hydroxylation sites is 1. The number of nitrogens with one attached hydrogen (secondary N) is 2. The van der Waals surface area contributed by atoms with E-state index >= 15 is 0 Å². The Morgan fingerprint density at radius 3 is 2.32 bits per heavy atom. The fourth-order valence-corrected chi connectivity index (χ4v) is 11.0. The van der Waals surface area contributed by atoms with E-state index in [9.17, 15) is 9.59 Å². The van der Waals surface area contributed by atoms with E-state index < -0.39 is 5.54 Å². The highest BCUT2D eigenvalue weighted by Gasteiger charge is 2.61. The topological polar surface area (TPSA) is 78.1 Å². The maximum absolute atomic E-state index is 14.7. The van der Waals surface area contributed by atoms with Crippen molar-refractivity contribution in [1.29, 1.82) is 0 Å². The standard InChI is InChI=1S/C38H48N4O2/c1-24-33(29-10-4-5-11-31(29)40-24)34-30(36(34,2)3)18-32(43)42(23-25-9-8-14-39-22-25)38(12-6-7-13-38)35(44)41-37-19-26-15-27(20-37)17-28(16-26)21-37/h4-5,8-11,14,22,26-28,30,34,40H,6-7,12-13,15-21,23H2,1-3H3,(H,41,44)/t26?,27?,28?,30-,34-,37?/m1/s1. The van der Waals surface area contributed by atoms with Gasteiger partial charge in [0.15, 0.2) is 0 Å². The molecule has 44 heavy (non-hydrogen) atoms. The minimum atomic E-state index is -0.790. The van der Waals surface area contributed by atoms with E-state index in [2.05, 4.69) is 60.3 Å². The zero-order valence-corrected chi connectivity index (χ0v) is 26.7. The molecule has 1 aromatic carbocycles. The maximum Gasteiger partial charge on any atom is 0.246 e. The Morgan fingerprint density at radius 2 is 1.66 bits per heavy atom. The monoisotopic (exact) mass is 592 g/mol. The summed E-state index contributed by atoms with van der Waals surface area (Å²) in [5, 5.41) is 4.99. The average molecular weight is 593 g/mol. The van der Waals surface area contributed by atoms with E-state index in [0.29, 0.717) is 18.9 Å². The molecule has 0 unspecified atom stereocenters. The van der Waals surface area contributed by atoms with Gasteiger partial charge in [0, 0.05) is 47.5 Å². The van der Waals surface area contributed by atoms with Crippen LogP contribution in [-0.2, 0) is 16.1 Å². The lowest BCUT2D eigenvalue weighted by molar-refractivity contribution is -0.152. The molecule has 4 bridgehead atoms. The summed E-state index contributed by atoms with van der Waals surface area (Å²) in [5.41, 5.74) is 3.87. The van der Waals surface area contributed by atoms with Crippen LogP contribution in [0.4, 0.5) is 0 Å². The van der Waals surface area contributed by atoms with Crippen molar-refractivity contribution < 1.29 is 9.59 Å². The van der Waals surface area contributed by atoms with E-state index in [0.717, 1.165) is 73.8 Å². The van der Waals surface area contributed by atoms with Crippen LogP contribution in [0.15, 0.2) is 48.8 Å². The quantitative estimate of drug-likeness (QED) is 0.286. The summed E-state index contributed by atoms with van der Waals surface area (Å²) in [4.78, 5) is 39.4. The van der Waals surface area contributed by atoms with Crippen LogP contribution in [0.5, 0.6) is 0 Å². The van der Waals surface area contributed by atoms with Crippen LogP contribution < -0.4 is 5.32 Å². The first kappa shape index (κ1) is 28.3. The summed E-state index contributed by atoms with van der Waals surface area (Å²) >= 11 is 0. The van der Waals surface area contributed by atoms with E-state index in [1.807, 2.05) is 23.2 Å². The molecule has 0 spiro atoms. The number of rotatable bonds is 8. The largest absolute Gasteiger partial charge is 0.358 e. The van der Waals surface area contributed by atoms with E-state index in [1.54, 1.807) is 6.20 Å². The lowest BCUT2D eigenvalue weighted by atomic mass is 9.53. The van der Waals surface area contributed by atoms with Crippen molar-refractivity contribution in [1.82, 2.24) is 20.2 Å². The number of carbonyl (C=O) groups is 2. The molecule has 3 aromatic rings. The van der Waals surface area contributed by atoms with Crippen LogP contribution in [0.25, 0.3) is 10.9 Å². The molecule has 9 rings (SSSR count). The van der Waals surface area contributed by atoms with Crippen molar-refractivity contribution >= 4 is 22.7 Å². The molecule has 2 heterocycles. The number of aromatic nitrogens is 2. The Bertz CT molecular complexity index is 1550. The van der Waals surface area contributed by atoms with Crippen LogP contribution in [-0.4, -0.2) is 37.8 Å². The fourth-order valence-electron chi connectivity index (χ4n) is 11.0. The third kappa shape index (κ3) is 4.53. The summed E-state index contributed by atoms with van der Waals surface area (Å²) in [6.07, 6.45) is 15.0. The molecule has 6 heteroatoms. The van der Waals surface area contributed by atoms with Gasteiger partial charge >= 0.3 is 0 Å². The summed E-state index contributed by atoms with van der Waals surface area (Å²) < 4.78 is 0. The zero-order chi connectivity index (χ0) is 30.3. The first-order chi connectivity index (χ1) is 21.2. The highest BCUT2D eigenvalue weighted by molar-refractivity contribution is 5.93. The number of hydrogen-bond donors (Lipinski definition) is 2. The van der Waals surface area contributed by atoms with Gasteiger partial charge in [-0.15, -0.1) is 0 Å². The van der Waals surface area contributed by atoms with Gasteiger partial charge in [0.25, 0.3) is 0 Å².